The lowest BCUT2D eigenvalue weighted by molar-refractivity contribution is -0.137. The second kappa shape index (κ2) is 17.7. The Morgan fingerprint density at radius 1 is 1.12 bits per heavy atom. The summed E-state index contributed by atoms with van der Waals surface area (Å²) in [6.45, 7) is 9.30. The molecule has 0 aliphatic carbocycles. The summed E-state index contributed by atoms with van der Waals surface area (Å²) in [5.74, 6) is 1.40. The number of carboxylic acid groups (broad SMARTS) is 1. The lowest BCUT2D eigenvalue weighted by Crippen LogP contribution is -1.93. The number of aliphatic carboxylic acids is 1. The molecule has 1 N–H and O–H groups in total. The van der Waals surface area contributed by atoms with Crippen LogP contribution in [0.3, 0.4) is 0 Å². The summed E-state index contributed by atoms with van der Waals surface area (Å²) in [5, 5.41) is 8.27. The van der Waals surface area contributed by atoms with Gasteiger partial charge in [0.15, 0.2) is 0 Å². The molecule has 0 amide bonds. The van der Waals surface area contributed by atoms with E-state index in [0.717, 1.165) is 24.3 Å². The molecule has 0 aromatic rings. The van der Waals surface area contributed by atoms with Crippen molar-refractivity contribution >= 4 is 17.7 Å². The second-order valence-corrected chi connectivity index (χ2v) is 4.75. The van der Waals surface area contributed by atoms with Crippen LogP contribution >= 0.6 is 11.8 Å². The summed E-state index contributed by atoms with van der Waals surface area (Å²) in [5.41, 5.74) is 0. The number of carboxylic acids is 1. The molecule has 0 aliphatic rings. The van der Waals surface area contributed by atoms with Crippen molar-refractivity contribution in [2.45, 2.75) is 45.4 Å². The molecule has 0 saturated heterocycles. The molecule has 0 saturated carbocycles. The van der Waals surface area contributed by atoms with Gasteiger partial charge in [0.05, 0.1) is 0 Å². The van der Waals surface area contributed by atoms with E-state index in [1.54, 1.807) is 0 Å². The minimum absolute atomic E-state index is 0.337. The molecule has 0 spiro atoms. The van der Waals surface area contributed by atoms with E-state index in [-0.39, 0.29) is 0 Å². The first-order chi connectivity index (χ1) is 8.18. The van der Waals surface area contributed by atoms with Gasteiger partial charge in [-0.2, -0.15) is 11.8 Å². The van der Waals surface area contributed by atoms with Gasteiger partial charge in [-0.05, 0) is 6.42 Å². The third-order valence-electron chi connectivity index (χ3n) is 1.97. The maximum absolute atomic E-state index is 10.0. The van der Waals surface area contributed by atoms with E-state index in [4.69, 9.17) is 5.11 Å². The third kappa shape index (κ3) is 25.5. The van der Waals surface area contributed by atoms with Gasteiger partial charge >= 0.3 is 5.97 Å². The zero-order valence-electron chi connectivity index (χ0n) is 11.0. The van der Waals surface area contributed by atoms with Crippen molar-refractivity contribution in [2.24, 2.45) is 0 Å². The topological polar surface area (TPSA) is 37.3 Å². The largest absolute Gasteiger partial charge is 0.481 e. The highest BCUT2D eigenvalue weighted by atomic mass is 32.2. The first-order valence-corrected chi connectivity index (χ1v) is 7.35. The Morgan fingerprint density at radius 2 is 1.65 bits per heavy atom. The smallest absolute Gasteiger partial charge is 0.303 e. The second-order valence-electron chi connectivity index (χ2n) is 3.67. The molecule has 3 heteroatoms. The minimum Gasteiger partial charge on any atom is -0.481 e. The normalized spacial score (nSPS) is 9.00. The SMILES string of the molecule is C=CCSCC=C.CCCCCCCC(=O)O. The van der Waals surface area contributed by atoms with Crippen molar-refractivity contribution in [3.05, 3.63) is 25.3 Å². The molecular weight excluding hydrogens is 232 g/mol. The van der Waals surface area contributed by atoms with Crippen LogP contribution < -0.4 is 0 Å². The van der Waals surface area contributed by atoms with Gasteiger partial charge in [0.25, 0.3) is 0 Å². The Hall–Kier alpha value is -0.700. The monoisotopic (exact) mass is 258 g/mol. The molecule has 0 aromatic carbocycles. The van der Waals surface area contributed by atoms with Crippen LogP contribution in [0, 0.1) is 0 Å². The van der Waals surface area contributed by atoms with Gasteiger partial charge < -0.3 is 5.11 Å². The fourth-order valence-corrected chi connectivity index (χ4v) is 1.58. The number of unbranched alkanes of at least 4 members (excludes halogenated alkanes) is 4. The third-order valence-corrected chi connectivity index (χ3v) is 2.91. The van der Waals surface area contributed by atoms with Crippen LogP contribution in [-0.4, -0.2) is 22.6 Å². The van der Waals surface area contributed by atoms with E-state index in [2.05, 4.69) is 20.1 Å². The fraction of sp³-hybridized carbons (Fsp3) is 0.643. The van der Waals surface area contributed by atoms with E-state index in [1.807, 2.05) is 23.9 Å². The summed E-state index contributed by atoms with van der Waals surface area (Å²) >= 11 is 1.82. The van der Waals surface area contributed by atoms with Gasteiger partial charge in [-0.25, -0.2) is 0 Å². The van der Waals surface area contributed by atoms with Crippen LogP contribution in [0.25, 0.3) is 0 Å². The van der Waals surface area contributed by atoms with Crippen LogP contribution in [0.2, 0.25) is 0 Å². The summed E-state index contributed by atoms with van der Waals surface area (Å²) in [4.78, 5) is 10.0. The predicted molar refractivity (Wildman–Crippen MR) is 78.7 cm³/mol. The predicted octanol–water partition coefficient (Wildman–Crippen LogP) is 4.52. The van der Waals surface area contributed by atoms with Crippen molar-refractivity contribution in [3.63, 3.8) is 0 Å². The Balaban J connectivity index is 0. The lowest BCUT2D eigenvalue weighted by Gasteiger charge is -1.95. The van der Waals surface area contributed by atoms with Gasteiger partial charge in [0.1, 0.15) is 0 Å². The quantitative estimate of drug-likeness (QED) is 0.462. The summed E-state index contributed by atoms with van der Waals surface area (Å²) < 4.78 is 0. The lowest BCUT2D eigenvalue weighted by atomic mass is 10.1. The van der Waals surface area contributed by atoms with Gasteiger partial charge in [-0.15, -0.1) is 13.2 Å². The van der Waals surface area contributed by atoms with Crippen molar-refractivity contribution < 1.29 is 9.90 Å². The summed E-state index contributed by atoms with van der Waals surface area (Å²) in [7, 11) is 0. The zero-order chi connectivity index (χ0) is 13.4. The van der Waals surface area contributed by atoms with Crippen molar-refractivity contribution in [1.82, 2.24) is 0 Å². The van der Waals surface area contributed by atoms with Crippen LogP contribution in [0.15, 0.2) is 25.3 Å². The fourth-order valence-electron chi connectivity index (χ4n) is 1.11. The van der Waals surface area contributed by atoms with Gasteiger partial charge in [-0.1, -0.05) is 44.8 Å². The first kappa shape index (κ1) is 18.7. The molecule has 0 radical (unpaired) electrons. The standard InChI is InChI=1S/C8H16O2.C6H10S/c1-2-3-4-5-6-7-8(9)10;1-3-5-7-6-4-2/h2-7H2,1H3,(H,9,10);3-4H,1-2,5-6H2. The van der Waals surface area contributed by atoms with Crippen LogP contribution in [0.5, 0.6) is 0 Å². The van der Waals surface area contributed by atoms with Crippen LogP contribution in [-0.2, 0) is 4.79 Å². The van der Waals surface area contributed by atoms with Crippen molar-refractivity contribution in [3.8, 4) is 0 Å². The summed E-state index contributed by atoms with van der Waals surface area (Å²) in [6.07, 6.45) is 9.68. The molecule has 17 heavy (non-hydrogen) atoms. The number of carbonyl (C=O) groups is 1. The Morgan fingerprint density at radius 3 is 2.06 bits per heavy atom. The molecule has 0 bridgehead atoms. The van der Waals surface area contributed by atoms with Gasteiger partial charge in [0, 0.05) is 17.9 Å². The maximum atomic E-state index is 10.0. The first-order valence-electron chi connectivity index (χ1n) is 6.20. The molecule has 0 fully saturated rings. The Bertz CT molecular complexity index is 183. The van der Waals surface area contributed by atoms with Crippen molar-refractivity contribution in [1.29, 1.82) is 0 Å². The van der Waals surface area contributed by atoms with E-state index in [9.17, 15) is 4.79 Å². The minimum atomic E-state index is -0.670. The molecular formula is C14H26O2S. The highest BCUT2D eigenvalue weighted by molar-refractivity contribution is 7.99. The van der Waals surface area contributed by atoms with E-state index in [1.165, 1.54) is 19.3 Å². The van der Waals surface area contributed by atoms with Crippen LogP contribution in [0.1, 0.15) is 45.4 Å². The molecule has 0 aliphatic heterocycles. The van der Waals surface area contributed by atoms with Crippen LogP contribution in [0.4, 0.5) is 0 Å². The van der Waals surface area contributed by atoms with E-state index < -0.39 is 5.97 Å². The number of hydrogen-bond acceptors (Lipinski definition) is 2. The molecule has 2 nitrogen and oxygen atoms in total. The average molecular weight is 258 g/mol. The highest BCUT2D eigenvalue weighted by Crippen LogP contribution is 2.04. The van der Waals surface area contributed by atoms with Gasteiger partial charge in [0.2, 0.25) is 0 Å². The molecule has 0 aromatic heterocycles. The molecule has 100 valence electrons. The van der Waals surface area contributed by atoms with E-state index >= 15 is 0 Å². The number of hydrogen-bond donors (Lipinski definition) is 1. The van der Waals surface area contributed by atoms with Crippen molar-refractivity contribution in [2.75, 3.05) is 11.5 Å². The summed E-state index contributed by atoms with van der Waals surface area (Å²) in [6, 6.07) is 0. The molecule has 0 heterocycles. The van der Waals surface area contributed by atoms with E-state index in [0.29, 0.717) is 6.42 Å². The highest BCUT2D eigenvalue weighted by Gasteiger charge is 1.94. The molecule has 0 unspecified atom stereocenters. The maximum Gasteiger partial charge on any atom is 0.303 e. The molecule has 0 rings (SSSR count). The number of thioether (sulfide) groups is 1. The number of rotatable bonds is 10. The van der Waals surface area contributed by atoms with Gasteiger partial charge in [-0.3, -0.25) is 4.79 Å². The zero-order valence-corrected chi connectivity index (χ0v) is 11.8. The average Bonchev–Trinajstić information content (AvgIpc) is 2.30. The Labute approximate surface area is 110 Å². The molecule has 0 atom stereocenters. The Kier molecular flexibility index (Phi) is 19.4.